The minimum absolute atomic E-state index is 0.249. The fourth-order valence-electron chi connectivity index (χ4n) is 1.67. The lowest BCUT2D eigenvalue weighted by molar-refractivity contribution is -0.139. The monoisotopic (exact) mass is 332 g/mol. The Bertz CT molecular complexity index is 568. The highest BCUT2D eigenvalue weighted by molar-refractivity contribution is 7.99. The lowest BCUT2D eigenvalue weighted by Gasteiger charge is -2.10. The zero-order chi connectivity index (χ0) is 15.9. The van der Waals surface area contributed by atoms with E-state index in [1.54, 1.807) is 18.7 Å². The van der Waals surface area contributed by atoms with Gasteiger partial charge in [-0.05, 0) is 31.0 Å². The summed E-state index contributed by atoms with van der Waals surface area (Å²) >= 11 is 1.60. The van der Waals surface area contributed by atoms with Crippen LogP contribution in [-0.4, -0.2) is 39.6 Å². The second-order valence-electron chi connectivity index (χ2n) is 4.65. The number of ether oxygens (including phenoxy) is 1. The molecule has 1 aromatic carbocycles. The van der Waals surface area contributed by atoms with Crippen molar-refractivity contribution in [2.24, 2.45) is 0 Å². The number of carbonyl (C=O) groups is 1. The van der Waals surface area contributed by atoms with E-state index in [9.17, 15) is 13.2 Å². The average molecular weight is 332 g/mol. The van der Waals surface area contributed by atoms with Crippen LogP contribution in [0.4, 0.5) is 0 Å². The van der Waals surface area contributed by atoms with E-state index in [4.69, 9.17) is 4.18 Å². The van der Waals surface area contributed by atoms with Crippen LogP contribution in [0.2, 0.25) is 0 Å². The standard InChI is InChI=1S/C14H20O5S2/c1-11(19-21(3,16)17)7-8-20-13-6-4-5-12(9-13)10-14(15)18-2/h4-6,9,11H,7-8,10H2,1-3H3. The highest BCUT2D eigenvalue weighted by Gasteiger charge is 2.10. The molecule has 0 aliphatic rings. The van der Waals surface area contributed by atoms with Crippen LogP contribution in [-0.2, 0) is 30.3 Å². The molecule has 0 saturated heterocycles. The maximum absolute atomic E-state index is 11.2. The molecule has 1 unspecified atom stereocenters. The van der Waals surface area contributed by atoms with E-state index in [0.29, 0.717) is 6.42 Å². The average Bonchev–Trinajstić information content (AvgIpc) is 2.37. The Morgan fingerprint density at radius 1 is 1.38 bits per heavy atom. The van der Waals surface area contributed by atoms with E-state index in [0.717, 1.165) is 22.5 Å². The first kappa shape index (κ1) is 18.0. The van der Waals surface area contributed by atoms with Gasteiger partial charge in [-0.2, -0.15) is 8.42 Å². The fraction of sp³-hybridized carbons (Fsp3) is 0.500. The highest BCUT2D eigenvalue weighted by atomic mass is 32.2. The third-order valence-electron chi connectivity index (χ3n) is 2.61. The van der Waals surface area contributed by atoms with Gasteiger partial charge in [0, 0.05) is 10.6 Å². The summed E-state index contributed by atoms with van der Waals surface area (Å²) in [5.41, 5.74) is 0.896. The number of methoxy groups -OCH3 is 1. The summed E-state index contributed by atoms with van der Waals surface area (Å²) in [6, 6.07) is 7.64. The molecule has 0 heterocycles. The maximum atomic E-state index is 11.2. The maximum Gasteiger partial charge on any atom is 0.309 e. The van der Waals surface area contributed by atoms with Gasteiger partial charge in [-0.1, -0.05) is 12.1 Å². The quantitative estimate of drug-likeness (QED) is 0.413. The molecule has 21 heavy (non-hydrogen) atoms. The Labute approximate surface area is 130 Å². The Hall–Kier alpha value is -1.05. The predicted octanol–water partition coefficient (Wildman–Crippen LogP) is 2.25. The number of carbonyl (C=O) groups excluding carboxylic acids is 1. The van der Waals surface area contributed by atoms with Crippen LogP contribution in [0, 0.1) is 0 Å². The van der Waals surface area contributed by atoms with Crippen molar-refractivity contribution in [1.82, 2.24) is 0 Å². The first-order valence-electron chi connectivity index (χ1n) is 6.47. The molecule has 0 N–H and O–H groups in total. The first-order valence-corrected chi connectivity index (χ1v) is 9.27. The molecule has 5 nitrogen and oxygen atoms in total. The summed E-state index contributed by atoms with van der Waals surface area (Å²) in [4.78, 5) is 12.3. The van der Waals surface area contributed by atoms with E-state index in [-0.39, 0.29) is 18.5 Å². The van der Waals surface area contributed by atoms with E-state index >= 15 is 0 Å². The van der Waals surface area contributed by atoms with Gasteiger partial charge in [0.05, 0.1) is 25.9 Å². The fourth-order valence-corrected chi connectivity index (χ4v) is 3.46. The van der Waals surface area contributed by atoms with Gasteiger partial charge in [0.25, 0.3) is 10.1 Å². The highest BCUT2D eigenvalue weighted by Crippen LogP contribution is 2.21. The van der Waals surface area contributed by atoms with Gasteiger partial charge in [-0.15, -0.1) is 11.8 Å². The van der Waals surface area contributed by atoms with Gasteiger partial charge in [-0.3, -0.25) is 8.98 Å². The van der Waals surface area contributed by atoms with Gasteiger partial charge in [0.2, 0.25) is 0 Å². The Morgan fingerprint density at radius 2 is 2.10 bits per heavy atom. The van der Waals surface area contributed by atoms with Crippen LogP contribution in [0.25, 0.3) is 0 Å². The number of rotatable bonds is 8. The summed E-state index contributed by atoms with van der Waals surface area (Å²) in [5.74, 6) is 0.463. The predicted molar refractivity (Wildman–Crippen MR) is 82.9 cm³/mol. The molecule has 0 aliphatic carbocycles. The molecule has 0 radical (unpaired) electrons. The van der Waals surface area contributed by atoms with Gasteiger partial charge in [-0.25, -0.2) is 0 Å². The van der Waals surface area contributed by atoms with Crippen LogP contribution < -0.4 is 0 Å². The van der Waals surface area contributed by atoms with Crippen LogP contribution in [0.5, 0.6) is 0 Å². The number of thioether (sulfide) groups is 1. The molecule has 0 fully saturated rings. The Morgan fingerprint density at radius 3 is 2.71 bits per heavy atom. The Balaban J connectivity index is 2.45. The number of hydrogen-bond acceptors (Lipinski definition) is 6. The number of benzene rings is 1. The molecule has 0 saturated carbocycles. The summed E-state index contributed by atoms with van der Waals surface area (Å²) in [5, 5.41) is 0. The largest absolute Gasteiger partial charge is 0.469 e. The molecular formula is C14H20O5S2. The third kappa shape index (κ3) is 8.08. The van der Waals surface area contributed by atoms with Crippen molar-refractivity contribution in [2.75, 3.05) is 19.1 Å². The van der Waals surface area contributed by atoms with Gasteiger partial charge in [0.1, 0.15) is 0 Å². The SMILES string of the molecule is COC(=O)Cc1cccc(SCCC(C)OS(C)(=O)=O)c1. The zero-order valence-corrected chi connectivity index (χ0v) is 14.0. The molecule has 7 heteroatoms. The van der Waals surface area contributed by atoms with E-state index in [1.807, 2.05) is 24.3 Å². The summed E-state index contributed by atoms with van der Waals surface area (Å²) < 4.78 is 31.5. The van der Waals surface area contributed by atoms with Crippen molar-refractivity contribution >= 4 is 27.8 Å². The van der Waals surface area contributed by atoms with Crippen LogP contribution in [0.15, 0.2) is 29.2 Å². The van der Waals surface area contributed by atoms with Crippen molar-refractivity contribution in [3.8, 4) is 0 Å². The minimum atomic E-state index is -3.40. The van der Waals surface area contributed by atoms with E-state index in [1.165, 1.54) is 7.11 Å². The van der Waals surface area contributed by atoms with Gasteiger partial charge in [0.15, 0.2) is 0 Å². The van der Waals surface area contributed by atoms with E-state index in [2.05, 4.69) is 4.74 Å². The third-order valence-corrected chi connectivity index (χ3v) is 4.31. The van der Waals surface area contributed by atoms with Gasteiger partial charge >= 0.3 is 5.97 Å². The zero-order valence-electron chi connectivity index (χ0n) is 12.4. The molecule has 1 atom stereocenters. The molecule has 118 valence electrons. The first-order chi connectivity index (χ1) is 9.80. The molecule has 0 bridgehead atoms. The smallest absolute Gasteiger partial charge is 0.309 e. The second-order valence-corrected chi connectivity index (χ2v) is 7.42. The molecule has 0 amide bonds. The molecule has 0 aromatic heterocycles. The van der Waals surface area contributed by atoms with Crippen molar-refractivity contribution in [3.63, 3.8) is 0 Å². The molecule has 1 rings (SSSR count). The normalized spacial score (nSPS) is 12.9. The van der Waals surface area contributed by atoms with Crippen LogP contribution in [0.1, 0.15) is 18.9 Å². The Kier molecular flexibility index (Phi) is 7.21. The lowest BCUT2D eigenvalue weighted by Crippen LogP contribution is -2.14. The molecule has 0 spiro atoms. The number of hydrogen-bond donors (Lipinski definition) is 0. The van der Waals surface area contributed by atoms with Crippen molar-refractivity contribution < 1.29 is 22.1 Å². The topological polar surface area (TPSA) is 69.7 Å². The molecule has 0 aliphatic heterocycles. The van der Waals surface area contributed by atoms with Crippen molar-refractivity contribution in [2.45, 2.75) is 30.8 Å². The molecular weight excluding hydrogens is 312 g/mol. The second kappa shape index (κ2) is 8.41. The van der Waals surface area contributed by atoms with Crippen molar-refractivity contribution in [3.05, 3.63) is 29.8 Å². The molecule has 1 aromatic rings. The van der Waals surface area contributed by atoms with E-state index < -0.39 is 10.1 Å². The van der Waals surface area contributed by atoms with Gasteiger partial charge < -0.3 is 4.74 Å². The van der Waals surface area contributed by atoms with Crippen LogP contribution in [0.3, 0.4) is 0 Å². The minimum Gasteiger partial charge on any atom is -0.469 e. The summed E-state index contributed by atoms with van der Waals surface area (Å²) in [7, 11) is -2.04. The summed E-state index contributed by atoms with van der Waals surface area (Å²) in [6.07, 6.45) is 1.58. The number of esters is 1. The summed E-state index contributed by atoms with van der Waals surface area (Å²) in [6.45, 7) is 1.73. The lowest BCUT2D eigenvalue weighted by atomic mass is 10.1. The van der Waals surface area contributed by atoms with Crippen LogP contribution >= 0.6 is 11.8 Å². The van der Waals surface area contributed by atoms with Crippen molar-refractivity contribution in [1.29, 1.82) is 0 Å².